The normalized spacial score (nSPS) is 13.8. The van der Waals surface area contributed by atoms with E-state index < -0.39 is 11.6 Å². The molecule has 0 radical (unpaired) electrons. The Balaban J connectivity index is 2.25. The minimum atomic E-state index is -1.45. The van der Waals surface area contributed by atoms with Crippen LogP contribution in [-0.2, 0) is 11.2 Å². The Morgan fingerprint density at radius 1 is 1.47 bits per heavy atom. The summed E-state index contributed by atoms with van der Waals surface area (Å²) < 4.78 is 0. The third-order valence-electron chi connectivity index (χ3n) is 2.71. The van der Waals surface area contributed by atoms with Gasteiger partial charge >= 0.3 is 5.97 Å². The van der Waals surface area contributed by atoms with Crippen molar-refractivity contribution in [1.82, 2.24) is 9.94 Å². The molecule has 0 bridgehead atoms. The summed E-state index contributed by atoms with van der Waals surface area (Å²) in [6, 6.07) is 8.73. The molecule has 1 atom stereocenters. The summed E-state index contributed by atoms with van der Waals surface area (Å²) in [5, 5.41) is 13.7. The van der Waals surface area contributed by atoms with E-state index >= 15 is 0 Å². The number of aromatic nitrogens is 2. The van der Waals surface area contributed by atoms with Crippen LogP contribution in [0.2, 0.25) is 5.02 Å². The molecule has 0 aliphatic rings. The highest BCUT2D eigenvalue weighted by molar-refractivity contribution is 6.31. The fourth-order valence-electron chi connectivity index (χ4n) is 1.67. The van der Waals surface area contributed by atoms with Gasteiger partial charge in [0, 0.05) is 11.4 Å². The molecule has 19 heavy (non-hydrogen) atoms. The van der Waals surface area contributed by atoms with E-state index in [1.165, 1.54) is 19.3 Å². The van der Waals surface area contributed by atoms with Crippen molar-refractivity contribution in [2.45, 2.75) is 18.9 Å². The molecule has 0 aliphatic heterocycles. The summed E-state index contributed by atoms with van der Waals surface area (Å²) in [5.41, 5.74) is -0.738. The number of hydrogen-bond acceptors (Lipinski definition) is 3. The van der Waals surface area contributed by atoms with E-state index in [0.717, 1.165) is 4.85 Å². The molecule has 1 N–H and O–H groups in total. The van der Waals surface area contributed by atoms with Gasteiger partial charge in [0.05, 0.1) is 12.4 Å². The Labute approximate surface area is 115 Å². The average molecular weight is 281 g/mol. The van der Waals surface area contributed by atoms with Gasteiger partial charge in [-0.15, -0.1) is 9.94 Å². The minimum absolute atomic E-state index is 0.141. The Morgan fingerprint density at radius 2 is 2.21 bits per heavy atom. The summed E-state index contributed by atoms with van der Waals surface area (Å²) >= 11 is 6.05. The summed E-state index contributed by atoms with van der Waals surface area (Å²) in [4.78, 5) is 18.0. The zero-order chi connectivity index (χ0) is 13.9. The van der Waals surface area contributed by atoms with Gasteiger partial charge in [0.2, 0.25) is 5.60 Å². The van der Waals surface area contributed by atoms with Gasteiger partial charge < -0.3 is 9.94 Å². The molecule has 1 aromatic heterocycles. The van der Waals surface area contributed by atoms with E-state index in [9.17, 15) is 9.90 Å². The van der Waals surface area contributed by atoms with E-state index in [2.05, 4.69) is 5.10 Å². The molecule has 2 aromatic rings. The first-order valence-electron chi connectivity index (χ1n) is 5.67. The van der Waals surface area contributed by atoms with Gasteiger partial charge in [-0.25, -0.2) is 4.79 Å². The number of halogens is 1. The van der Waals surface area contributed by atoms with Gasteiger partial charge in [-0.2, -0.15) is 0 Å². The van der Waals surface area contributed by atoms with Crippen LogP contribution in [0.4, 0.5) is 0 Å². The lowest BCUT2D eigenvalue weighted by atomic mass is 9.96. The standard InChI is InChI=1S/C13H13ClN2O3/c1-13(12(17)18,19-16-8-4-7-15-16)9-10-5-2-3-6-11(10)14/h2-8H,9H2,1H3,(H,17,18). The largest absolute Gasteiger partial charge is 0.478 e. The van der Waals surface area contributed by atoms with E-state index in [1.807, 2.05) is 0 Å². The van der Waals surface area contributed by atoms with Gasteiger partial charge in [-0.1, -0.05) is 29.8 Å². The molecule has 5 nitrogen and oxygen atoms in total. The number of nitrogens with zero attached hydrogens (tertiary/aromatic N) is 2. The second-order valence-corrected chi connectivity index (χ2v) is 4.71. The van der Waals surface area contributed by atoms with Crippen LogP contribution in [0.1, 0.15) is 12.5 Å². The number of carboxylic acid groups (broad SMARTS) is 1. The third kappa shape index (κ3) is 3.06. The molecule has 0 spiro atoms. The highest BCUT2D eigenvalue weighted by Crippen LogP contribution is 2.22. The van der Waals surface area contributed by atoms with Crippen molar-refractivity contribution in [3.05, 3.63) is 53.3 Å². The van der Waals surface area contributed by atoms with Crippen LogP contribution in [0.25, 0.3) is 0 Å². The van der Waals surface area contributed by atoms with E-state index in [1.54, 1.807) is 30.3 Å². The molecule has 0 fully saturated rings. The second-order valence-electron chi connectivity index (χ2n) is 4.30. The smallest absolute Gasteiger partial charge is 0.350 e. The van der Waals surface area contributed by atoms with Crippen molar-refractivity contribution in [3.8, 4) is 0 Å². The van der Waals surface area contributed by atoms with Crippen LogP contribution in [0.5, 0.6) is 0 Å². The zero-order valence-corrected chi connectivity index (χ0v) is 11.0. The Kier molecular flexibility index (Phi) is 3.76. The van der Waals surface area contributed by atoms with Gasteiger partial charge in [-0.05, 0) is 24.6 Å². The first-order valence-corrected chi connectivity index (χ1v) is 6.05. The Hall–Kier alpha value is -2.01. The Morgan fingerprint density at radius 3 is 2.79 bits per heavy atom. The molecule has 1 heterocycles. The van der Waals surface area contributed by atoms with Gasteiger partial charge in [0.25, 0.3) is 0 Å². The van der Waals surface area contributed by atoms with E-state index in [4.69, 9.17) is 16.4 Å². The summed E-state index contributed by atoms with van der Waals surface area (Å²) in [7, 11) is 0. The van der Waals surface area contributed by atoms with Crippen molar-refractivity contribution in [3.63, 3.8) is 0 Å². The number of hydrogen-bond donors (Lipinski definition) is 1. The molecule has 1 aromatic carbocycles. The number of benzene rings is 1. The van der Waals surface area contributed by atoms with Crippen molar-refractivity contribution in [2.24, 2.45) is 0 Å². The molecule has 6 heteroatoms. The van der Waals surface area contributed by atoms with E-state index in [-0.39, 0.29) is 6.42 Å². The molecule has 0 saturated carbocycles. The van der Waals surface area contributed by atoms with Crippen LogP contribution in [0.3, 0.4) is 0 Å². The number of carboxylic acids is 1. The number of aliphatic carboxylic acids is 1. The van der Waals surface area contributed by atoms with Crippen molar-refractivity contribution in [2.75, 3.05) is 0 Å². The minimum Gasteiger partial charge on any atom is -0.478 e. The summed E-state index contributed by atoms with van der Waals surface area (Å²) in [5.74, 6) is -1.08. The number of carbonyl (C=O) groups is 1. The SMILES string of the molecule is CC(Cc1ccccc1Cl)(On1cccn1)C(=O)O. The number of rotatable bonds is 5. The van der Waals surface area contributed by atoms with Crippen molar-refractivity contribution < 1.29 is 14.7 Å². The maximum absolute atomic E-state index is 11.5. The van der Waals surface area contributed by atoms with Crippen molar-refractivity contribution >= 4 is 17.6 Å². The topological polar surface area (TPSA) is 64.4 Å². The highest BCUT2D eigenvalue weighted by Gasteiger charge is 2.37. The summed E-state index contributed by atoms with van der Waals surface area (Å²) in [6.07, 6.45) is 3.19. The average Bonchev–Trinajstić information content (AvgIpc) is 2.84. The van der Waals surface area contributed by atoms with E-state index in [0.29, 0.717) is 10.6 Å². The van der Waals surface area contributed by atoms with Gasteiger partial charge in [-0.3, -0.25) is 0 Å². The molecule has 0 saturated heterocycles. The molecular weight excluding hydrogens is 268 g/mol. The maximum atomic E-state index is 11.5. The predicted octanol–water partition coefficient (Wildman–Crippen LogP) is 2.05. The zero-order valence-electron chi connectivity index (χ0n) is 10.3. The Bertz CT molecular complexity index is 571. The molecule has 100 valence electrons. The lowest BCUT2D eigenvalue weighted by Gasteiger charge is -2.25. The fraction of sp³-hybridized carbons (Fsp3) is 0.231. The third-order valence-corrected chi connectivity index (χ3v) is 3.08. The van der Waals surface area contributed by atoms with Crippen LogP contribution in [0, 0.1) is 0 Å². The predicted molar refractivity (Wildman–Crippen MR) is 70.0 cm³/mol. The first-order chi connectivity index (χ1) is 9.01. The van der Waals surface area contributed by atoms with Crippen LogP contribution in [0.15, 0.2) is 42.7 Å². The lowest BCUT2D eigenvalue weighted by molar-refractivity contribution is -0.166. The summed E-state index contributed by atoms with van der Waals surface area (Å²) in [6.45, 7) is 1.49. The van der Waals surface area contributed by atoms with Crippen LogP contribution in [-0.4, -0.2) is 26.6 Å². The quantitative estimate of drug-likeness (QED) is 0.910. The molecule has 0 amide bonds. The van der Waals surface area contributed by atoms with Gasteiger partial charge in [0.1, 0.15) is 0 Å². The second kappa shape index (κ2) is 5.32. The first kappa shape index (κ1) is 13.4. The molecule has 1 unspecified atom stereocenters. The fourth-order valence-corrected chi connectivity index (χ4v) is 1.87. The van der Waals surface area contributed by atoms with Gasteiger partial charge in [0.15, 0.2) is 0 Å². The lowest BCUT2D eigenvalue weighted by Crippen LogP contribution is -2.47. The molecule has 0 aliphatic carbocycles. The maximum Gasteiger partial charge on any atom is 0.350 e. The molecular formula is C13H13ClN2O3. The monoisotopic (exact) mass is 280 g/mol. The van der Waals surface area contributed by atoms with Crippen molar-refractivity contribution in [1.29, 1.82) is 0 Å². The van der Waals surface area contributed by atoms with Crippen LogP contribution >= 0.6 is 11.6 Å². The highest BCUT2D eigenvalue weighted by atomic mass is 35.5. The van der Waals surface area contributed by atoms with Crippen LogP contribution < -0.4 is 4.84 Å². The molecule has 2 rings (SSSR count).